The SMILES string of the molecule is CC(C)(C)OC(=O)NCCC=Cc1ccc2cc(C(=O)O)[nH]c2c1. The number of aromatic carboxylic acids is 1. The normalized spacial score (nSPS) is 11.8. The maximum Gasteiger partial charge on any atom is 0.407 e. The highest BCUT2D eigenvalue weighted by Crippen LogP contribution is 2.18. The first-order valence-corrected chi connectivity index (χ1v) is 7.74. The highest BCUT2D eigenvalue weighted by molar-refractivity contribution is 5.94. The Hall–Kier alpha value is -2.76. The fraction of sp³-hybridized carbons (Fsp3) is 0.333. The number of amides is 1. The maximum atomic E-state index is 11.5. The minimum Gasteiger partial charge on any atom is -0.477 e. The number of H-pyrrole nitrogens is 1. The number of alkyl carbamates (subject to hydrolysis) is 1. The van der Waals surface area contributed by atoms with E-state index in [0.717, 1.165) is 16.5 Å². The molecule has 3 N–H and O–H groups in total. The zero-order valence-electron chi connectivity index (χ0n) is 14.1. The van der Waals surface area contributed by atoms with Crippen molar-refractivity contribution < 1.29 is 19.4 Å². The maximum absolute atomic E-state index is 11.5. The van der Waals surface area contributed by atoms with Crippen LogP contribution in [0.5, 0.6) is 0 Å². The molecule has 0 bridgehead atoms. The monoisotopic (exact) mass is 330 g/mol. The number of hydrogen-bond acceptors (Lipinski definition) is 3. The van der Waals surface area contributed by atoms with Gasteiger partial charge in [-0.2, -0.15) is 0 Å². The molecule has 1 aromatic carbocycles. The lowest BCUT2D eigenvalue weighted by atomic mass is 10.1. The molecular formula is C18H22N2O4. The van der Waals surface area contributed by atoms with E-state index in [1.165, 1.54) is 0 Å². The Labute approximate surface area is 140 Å². The van der Waals surface area contributed by atoms with Crippen molar-refractivity contribution in [3.63, 3.8) is 0 Å². The van der Waals surface area contributed by atoms with Crippen LogP contribution < -0.4 is 5.32 Å². The molecule has 0 aliphatic heterocycles. The fourth-order valence-electron chi connectivity index (χ4n) is 2.15. The first-order chi connectivity index (χ1) is 11.2. The molecule has 2 aromatic rings. The predicted molar refractivity (Wildman–Crippen MR) is 93.1 cm³/mol. The molecule has 0 aliphatic carbocycles. The minimum absolute atomic E-state index is 0.174. The minimum atomic E-state index is -0.975. The molecule has 1 heterocycles. The molecule has 1 aromatic heterocycles. The first-order valence-electron chi connectivity index (χ1n) is 7.74. The van der Waals surface area contributed by atoms with Gasteiger partial charge in [0.25, 0.3) is 0 Å². The van der Waals surface area contributed by atoms with Gasteiger partial charge in [-0.15, -0.1) is 0 Å². The Morgan fingerprint density at radius 3 is 2.71 bits per heavy atom. The summed E-state index contributed by atoms with van der Waals surface area (Å²) in [6.07, 6.45) is 4.12. The largest absolute Gasteiger partial charge is 0.477 e. The zero-order chi connectivity index (χ0) is 17.7. The predicted octanol–water partition coefficient (Wildman–Crippen LogP) is 3.79. The number of hydrogen-bond donors (Lipinski definition) is 3. The van der Waals surface area contributed by atoms with E-state index in [-0.39, 0.29) is 5.69 Å². The van der Waals surface area contributed by atoms with Crippen LogP contribution in [0.3, 0.4) is 0 Å². The Balaban J connectivity index is 1.87. The summed E-state index contributed by atoms with van der Waals surface area (Å²) in [5, 5.41) is 12.5. The van der Waals surface area contributed by atoms with Gasteiger partial charge in [-0.05, 0) is 44.9 Å². The van der Waals surface area contributed by atoms with E-state index in [1.54, 1.807) is 6.07 Å². The van der Waals surface area contributed by atoms with Gasteiger partial charge in [0.05, 0.1) is 0 Å². The number of ether oxygens (including phenoxy) is 1. The average Bonchev–Trinajstić information content (AvgIpc) is 2.88. The van der Waals surface area contributed by atoms with Crippen LogP contribution in [0.25, 0.3) is 17.0 Å². The molecule has 0 aliphatic rings. The van der Waals surface area contributed by atoms with Gasteiger partial charge in [-0.25, -0.2) is 9.59 Å². The molecule has 0 saturated carbocycles. The van der Waals surface area contributed by atoms with Gasteiger partial charge in [0.1, 0.15) is 11.3 Å². The van der Waals surface area contributed by atoms with Crippen LogP contribution in [0.4, 0.5) is 4.79 Å². The van der Waals surface area contributed by atoms with Crippen molar-refractivity contribution in [3.8, 4) is 0 Å². The number of carboxylic acid groups (broad SMARTS) is 1. The molecule has 0 saturated heterocycles. The third kappa shape index (κ3) is 5.15. The van der Waals surface area contributed by atoms with Crippen LogP contribution in [-0.4, -0.2) is 34.3 Å². The summed E-state index contributed by atoms with van der Waals surface area (Å²) >= 11 is 0. The van der Waals surface area contributed by atoms with Crippen LogP contribution in [0.15, 0.2) is 30.3 Å². The van der Waals surface area contributed by atoms with Gasteiger partial charge < -0.3 is 20.1 Å². The number of aromatic amines is 1. The lowest BCUT2D eigenvalue weighted by Gasteiger charge is -2.19. The van der Waals surface area contributed by atoms with Crippen LogP contribution in [-0.2, 0) is 4.74 Å². The second-order valence-electron chi connectivity index (χ2n) is 6.45. The van der Waals surface area contributed by atoms with E-state index in [0.29, 0.717) is 13.0 Å². The van der Waals surface area contributed by atoms with Crippen molar-refractivity contribution in [1.29, 1.82) is 0 Å². The Kier molecular flexibility index (Phi) is 5.28. The molecule has 0 atom stereocenters. The van der Waals surface area contributed by atoms with Crippen molar-refractivity contribution in [2.24, 2.45) is 0 Å². The van der Waals surface area contributed by atoms with E-state index in [1.807, 2.05) is 51.1 Å². The lowest BCUT2D eigenvalue weighted by Crippen LogP contribution is -2.32. The van der Waals surface area contributed by atoms with Crippen molar-refractivity contribution in [2.75, 3.05) is 6.54 Å². The zero-order valence-corrected chi connectivity index (χ0v) is 14.1. The van der Waals surface area contributed by atoms with Crippen molar-refractivity contribution in [3.05, 3.63) is 41.6 Å². The van der Waals surface area contributed by atoms with E-state index < -0.39 is 17.7 Å². The highest BCUT2D eigenvalue weighted by Gasteiger charge is 2.15. The summed E-state index contributed by atoms with van der Waals surface area (Å²) in [5.74, 6) is -0.975. The molecule has 1 amide bonds. The molecule has 0 radical (unpaired) electrons. The molecule has 2 rings (SSSR count). The molecule has 128 valence electrons. The molecule has 6 heteroatoms. The van der Waals surface area contributed by atoms with Crippen LogP contribution in [0.1, 0.15) is 43.2 Å². The number of rotatable bonds is 5. The summed E-state index contributed by atoms with van der Waals surface area (Å²) in [6, 6.07) is 7.28. The van der Waals surface area contributed by atoms with Crippen molar-refractivity contribution in [2.45, 2.75) is 32.8 Å². The topological polar surface area (TPSA) is 91.4 Å². The first kappa shape index (κ1) is 17.6. The van der Waals surface area contributed by atoms with E-state index in [4.69, 9.17) is 9.84 Å². The molecule has 24 heavy (non-hydrogen) atoms. The Morgan fingerprint density at radius 2 is 2.04 bits per heavy atom. The summed E-state index contributed by atoms with van der Waals surface area (Å²) < 4.78 is 5.15. The molecule has 0 unspecified atom stereocenters. The van der Waals surface area contributed by atoms with Crippen LogP contribution in [0.2, 0.25) is 0 Å². The lowest BCUT2D eigenvalue weighted by molar-refractivity contribution is 0.0528. The van der Waals surface area contributed by atoms with Gasteiger partial charge >= 0.3 is 12.1 Å². The van der Waals surface area contributed by atoms with Gasteiger partial charge in [-0.3, -0.25) is 0 Å². The van der Waals surface area contributed by atoms with Crippen LogP contribution in [0, 0.1) is 0 Å². The van der Waals surface area contributed by atoms with Gasteiger partial charge in [-0.1, -0.05) is 24.3 Å². The number of nitrogens with one attached hydrogen (secondary N) is 2. The number of carbonyl (C=O) groups is 2. The molecular weight excluding hydrogens is 308 g/mol. The number of carbonyl (C=O) groups excluding carboxylic acids is 1. The second kappa shape index (κ2) is 7.21. The third-order valence-electron chi connectivity index (χ3n) is 3.17. The van der Waals surface area contributed by atoms with Crippen molar-refractivity contribution >= 4 is 29.0 Å². The smallest absolute Gasteiger partial charge is 0.407 e. The number of benzene rings is 1. The number of carboxylic acids is 1. The van der Waals surface area contributed by atoms with E-state index >= 15 is 0 Å². The van der Waals surface area contributed by atoms with Gasteiger partial charge in [0.2, 0.25) is 0 Å². The third-order valence-corrected chi connectivity index (χ3v) is 3.17. The summed E-state index contributed by atoms with van der Waals surface area (Å²) in [6.45, 7) is 5.94. The Morgan fingerprint density at radius 1 is 1.29 bits per heavy atom. The van der Waals surface area contributed by atoms with Gasteiger partial charge in [0.15, 0.2) is 0 Å². The summed E-state index contributed by atoms with van der Waals surface area (Å²) in [5.41, 5.74) is 1.41. The molecule has 6 nitrogen and oxygen atoms in total. The highest BCUT2D eigenvalue weighted by atomic mass is 16.6. The Bertz CT molecular complexity index is 769. The second-order valence-corrected chi connectivity index (χ2v) is 6.45. The standard InChI is InChI=1S/C18H22N2O4/c1-18(2,3)24-17(23)19-9-5-4-6-12-7-8-13-11-15(16(21)22)20-14(13)10-12/h4,6-8,10-11,20H,5,9H2,1-3H3,(H,19,23)(H,21,22). The average molecular weight is 330 g/mol. The quantitative estimate of drug-likeness (QED) is 0.727. The van der Waals surface area contributed by atoms with Crippen LogP contribution >= 0.6 is 0 Å². The number of fused-ring (bicyclic) bond motifs is 1. The van der Waals surface area contributed by atoms with Crippen molar-refractivity contribution in [1.82, 2.24) is 10.3 Å². The summed E-state index contributed by atoms with van der Waals surface area (Å²) in [4.78, 5) is 25.3. The summed E-state index contributed by atoms with van der Waals surface area (Å²) in [7, 11) is 0. The number of aromatic nitrogens is 1. The van der Waals surface area contributed by atoms with E-state index in [9.17, 15) is 9.59 Å². The molecule has 0 fully saturated rings. The molecule has 0 spiro atoms. The fourth-order valence-corrected chi connectivity index (χ4v) is 2.15. The van der Waals surface area contributed by atoms with E-state index in [2.05, 4.69) is 10.3 Å². The van der Waals surface area contributed by atoms with Gasteiger partial charge in [0, 0.05) is 17.4 Å².